The minimum Gasteiger partial charge on any atom is -0.317 e. The van der Waals surface area contributed by atoms with Crippen molar-refractivity contribution in [3.8, 4) is 0 Å². The smallest absolute Gasteiger partial charge is 0.231 e. The fourth-order valence-electron chi connectivity index (χ4n) is 1.94. The number of piperidine rings is 1. The van der Waals surface area contributed by atoms with Crippen molar-refractivity contribution in [2.75, 3.05) is 18.4 Å². The average molecular weight is 222 g/mol. The normalized spacial score (nSPS) is 19.4. The maximum atomic E-state index is 12.2. The van der Waals surface area contributed by atoms with Crippen molar-refractivity contribution < 1.29 is 4.79 Å². The van der Waals surface area contributed by atoms with E-state index in [9.17, 15) is 4.79 Å². The number of amides is 1. The Kier molecular flexibility index (Phi) is 2.96. The van der Waals surface area contributed by atoms with E-state index in [1.54, 1.807) is 6.20 Å². The van der Waals surface area contributed by atoms with E-state index in [4.69, 9.17) is 0 Å². The summed E-state index contributed by atoms with van der Waals surface area (Å²) in [5.74, 6) is 0.797. The number of H-pyrrole nitrogens is 1. The van der Waals surface area contributed by atoms with Crippen LogP contribution in [-0.2, 0) is 4.79 Å². The molecule has 5 nitrogen and oxygen atoms in total. The van der Waals surface area contributed by atoms with Gasteiger partial charge in [0, 0.05) is 11.0 Å². The van der Waals surface area contributed by atoms with Crippen molar-refractivity contribution in [3.63, 3.8) is 0 Å². The van der Waals surface area contributed by atoms with E-state index >= 15 is 0 Å². The van der Waals surface area contributed by atoms with Crippen LogP contribution in [0.3, 0.4) is 0 Å². The summed E-state index contributed by atoms with van der Waals surface area (Å²) >= 11 is 0. The van der Waals surface area contributed by atoms with E-state index in [0.717, 1.165) is 31.5 Å². The molecular weight excluding hydrogens is 204 g/mol. The molecule has 0 spiro atoms. The molecule has 0 aromatic carbocycles. The number of hydrogen-bond donors (Lipinski definition) is 3. The summed E-state index contributed by atoms with van der Waals surface area (Å²) < 4.78 is 0. The van der Waals surface area contributed by atoms with Gasteiger partial charge in [0.15, 0.2) is 0 Å². The highest BCUT2D eigenvalue weighted by molar-refractivity contribution is 5.94. The van der Waals surface area contributed by atoms with E-state index in [-0.39, 0.29) is 11.3 Å². The summed E-state index contributed by atoms with van der Waals surface area (Å²) in [6.07, 6.45) is 3.47. The van der Waals surface area contributed by atoms with Crippen molar-refractivity contribution >= 4 is 11.7 Å². The van der Waals surface area contributed by atoms with Crippen LogP contribution in [0.4, 0.5) is 5.82 Å². The first-order valence-electron chi connectivity index (χ1n) is 5.64. The third-order valence-corrected chi connectivity index (χ3v) is 3.32. The van der Waals surface area contributed by atoms with Crippen LogP contribution in [0, 0.1) is 12.3 Å². The van der Waals surface area contributed by atoms with Gasteiger partial charge in [0.05, 0.1) is 6.20 Å². The zero-order chi connectivity index (χ0) is 11.6. The van der Waals surface area contributed by atoms with Crippen LogP contribution in [0.1, 0.15) is 25.3 Å². The summed E-state index contributed by atoms with van der Waals surface area (Å²) in [6, 6.07) is 0. The fourth-order valence-corrected chi connectivity index (χ4v) is 1.94. The predicted molar refractivity (Wildman–Crippen MR) is 62.2 cm³/mol. The Hall–Kier alpha value is -1.36. The first-order valence-corrected chi connectivity index (χ1v) is 5.64. The first kappa shape index (κ1) is 11.1. The molecule has 1 aliphatic rings. The van der Waals surface area contributed by atoms with Crippen LogP contribution in [-0.4, -0.2) is 29.2 Å². The minimum atomic E-state index is -0.261. The lowest BCUT2D eigenvalue weighted by molar-refractivity contribution is -0.126. The Bertz CT molecular complexity index is 379. The molecule has 3 N–H and O–H groups in total. The molecule has 0 atom stereocenters. The lowest BCUT2D eigenvalue weighted by Gasteiger charge is -2.32. The molecule has 0 saturated carbocycles. The van der Waals surface area contributed by atoms with Crippen LogP contribution in [0.2, 0.25) is 0 Å². The van der Waals surface area contributed by atoms with Gasteiger partial charge in [0.2, 0.25) is 5.91 Å². The molecule has 88 valence electrons. The van der Waals surface area contributed by atoms with Crippen LogP contribution in [0.5, 0.6) is 0 Å². The molecule has 0 unspecified atom stereocenters. The third-order valence-electron chi connectivity index (χ3n) is 3.32. The minimum absolute atomic E-state index is 0.0846. The first-order chi connectivity index (χ1) is 7.62. The van der Waals surface area contributed by atoms with Crippen LogP contribution >= 0.6 is 0 Å². The Morgan fingerprint density at radius 3 is 2.75 bits per heavy atom. The number of aryl methyl sites for hydroxylation is 1. The number of nitrogens with zero attached hydrogens (tertiary/aromatic N) is 1. The molecule has 2 rings (SSSR count). The molecule has 1 aromatic heterocycles. The van der Waals surface area contributed by atoms with Gasteiger partial charge in [-0.1, -0.05) is 6.92 Å². The van der Waals surface area contributed by atoms with Gasteiger partial charge in [-0.05, 0) is 32.9 Å². The number of rotatable bonds is 2. The highest BCUT2D eigenvalue weighted by Crippen LogP contribution is 2.29. The lowest BCUT2D eigenvalue weighted by Crippen LogP contribution is -2.43. The number of aromatic amines is 1. The summed E-state index contributed by atoms with van der Waals surface area (Å²) in [4.78, 5) is 12.2. The second kappa shape index (κ2) is 4.25. The monoisotopic (exact) mass is 222 g/mol. The zero-order valence-corrected chi connectivity index (χ0v) is 9.76. The molecule has 0 bridgehead atoms. The molecule has 2 heterocycles. The molecule has 16 heavy (non-hydrogen) atoms. The van der Waals surface area contributed by atoms with Crippen LogP contribution < -0.4 is 10.6 Å². The van der Waals surface area contributed by atoms with Gasteiger partial charge in [-0.2, -0.15) is 5.10 Å². The average Bonchev–Trinajstić information content (AvgIpc) is 2.65. The zero-order valence-electron chi connectivity index (χ0n) is 9.76. The Morgan fingerprint density at radius 2 is 2.19 bits per heavy atom. The van der Waals surface area contributed by atoms with Crippen molar-refractivity contribution in [1.82, 2.24) is 15.5 Å². The maximum Gasteiger partial charge on any atom is 0.231 e. The van der Waals surface area contributed by atoms with Crippen LogP contribution in [0.15, 0.2) is 6.20 Å². The summed E-state index contributed by atoms with van der Waals surface area (Å²) in [7, 11) is 0. The number of hydrogen-bond acceptors (Lipinski definition) is 3. The van der Waals surface area contributed by atoms with Gasteiger partial charge >= 0.3 is 0 Å². The largest absolute Gasteiger partial charge is 0.317 e. The predicted octanol–water partition coefficient (Wildman–Crippen LogP) is 1.05. The standard InChI is InChI=1S/C11H18N4O/c1-8-7-13-15-9(8)14-10(16)11(2)3-5-12-6-4-11/h7,12H,3-6H2,1-2H3,(H2,13,14,15,16). The SMILES string of the molecule is Cc1cn[nH]c1NC(=O)C1(C)CCNCC1. The van der Waals surface area contributed by atoms with Gasteiger partial charge in [-0.3, -0.25) is 9.89 Å². The summed E-state index contributed by atoms with van der Waals surface area (Å²) in [6.45, 7) is 5.76. The molecule has 1 saturated heterocycles. The highest BCUT2D eigenvalue weighted by Gasteiger charge is 2.34. The van der Waals surface area contributed by atoms with E-state index < -0.39 is 0 Å². The van der Waals surface area contributed by atoms with Gasteiger partial charge in [0.25, 0.3) is 0 Å². The molecule has 1 fully saturated rings. The highest BCUT2D eigenvalue weighted by atomic mass is 16.2. The van der Waals surface area contributed by atoms with Gasteiger partial charge in [0.1, 0.15) is 5.82 Å². The van der Waals surface area contributed by atoms with Crippen molar-refractivity contribution in [2.24, 2.45) is 5.41 Å². The molecule has 1 aromatic rings. The van der Waals surface area contributed by atoms with Crippen molar-refractivity contribution in [1.29, 1.82) is 0 Å². The Labute approximate surface area is 95.0 Å². The molecule has 1 aliphatic heterocycles. The summed E-state index contributed by atoms with van der Waals surface area (Å²) in [5, 5.41) is 12.9. The third kappa shape index (κ3) is 2.09. The molecular formula is C11H18N4O. The van der Waals surface area contributed by atoms with Gasteiger partial charge < -0.3 is 10.6 Å². The van der Waals surface area contributed by atoms with Crippen molar-refractivity contribution in [3.05, 3.63) is 11.8 Å². The van der Waals surface area contributed by atoms with E-state index in [1.165, 1.54) is 0 Å². The van der Waals surface area contributed by atoms with E-state index in [2.05, 4.69) is 20.8 Å². The van der Waals surface area contributed by atoms with E-state index in [1.807, 2.05) is 13.8 Å². The number of anilines is 1. The molecule has 5 heteroatoms. The molecule has 0 radical (unpaired) electrons. The number of nitrogens with one attached hydrogen (secondary N) is 3. The topological polar surface area (TPSA) is 69.8 Å². The number of carbonyl (C=O) groups is 1. The second-order valence-corrected chi connectivity index (χ2v) is 4.69. The Balaban J connectivity index is 2.05. The fraction of sp³-hybridized carbons (Fsp3) is 0.636. The second-order valence-electron chi connectivity index (χ2n) is 4.69. The number of carbonyl (C=O) groups excluding carboxylic acids is 1. The lowest BCUT2D eigenvalue weighted by atomic mass is 9.80. The quantitative estimate of drug-likeness (QED) is 0.700. The van der Waals surface area contributed by atoms with E-state index in [0.29, 0.717) is 5.82 Å². The van der Waals surface area contributed by atoms with Gasteiger partial charge in [-0.25, -0.2) is 0 Å². The molecule has 0 aliphatic carbocycles. The Morgan fingerprint density at radius 1 is 1.50 bits per heavy atom. The molecule has 1 amide bonds. The van der Waals surface area contributed by atoms with Gasteiger partial charge in [-0.15, -0.1) is 0 Å². The number of aromatic nitrogens is 2. The van der Waals surface area contributed by atoms with Crippen molar-refractivity contribution in [2.45, 2.75) is 26.7 Å². The summed E-state index contributed by atoms with van der Waals surface area (Å²) in [5.41, 5.74) is 0.703. The van der Waals surface area contributed by atoms with Crippen LogP contribution in [0.25, 0.3) is 0 Å². The maximum absolute atomic E-state index is 12.2.